The van der Waals surface area contributed by atoms with E-state index >= 15 is 0 Å². The zero-order chi connectivity index (χ0) is 13.4. The Bertz CT molecular complexity index is 420. The minimum atomic E-state index is -0.603. The lowest BCUT2D eigenvalue weighted by Crippen LogP contribution is -2.37. The van der Waals surface area contributed by atoms with Gasteiger partial charge in [-0.25, -0.2) is 4.79 Å². The summed E-state index contributed by atoms with van der Waals surface area (Å²) in [6, 6.07) is 6.69. The van der Waals surface area contributed by atoms with Crippen LogP contribution in [0.3, 0.4) is 0 Å². The van der Waals surface area contributed by atoms with Crippen molar-refractivity contribution in [1.82, 2.24) is 10.6 Å². The Morgan fingerprint density at radius 1 is 1.17 bits per heavy atom. The van der Waals surface area contributed by atoms with Gasteiger partial charge in [-0.2, -0.15) is 0 Å². The first-order valence-corrected chi connectivity index (χ1v) is 5.74. The molecule has 6 nitrogen and oxygen atoms in total. The third kappa shape index (κ3) is 4.84. The summed E-state index contributed by atoms with van der Waals surface area (Å²) in [5, 5.41) is 5.07. The molecule has 0 bridgehead atoms. The van der Waals surface area contributed by atoms with Crippen molar-refractivity contribution in [2.45, 2.75) is 6.42 Å². The van der Waals surface area contributed by atoms with Gasteiger partial charge in [-0.1, -0.05) is 12.1 Å². The van der Waals surface area contributed by atoms with Crippen LogP contribution in [0.25, 0.3) is 0 Å². The summed E-state index contributed by atoms with van der Waals surface area (Å²) in [6.07, 6.45) is 0.740. The predicted molar refractivity (Wildman–Crippen MR) is 69.1 cm³/mol. The number of nitrogens with two attached hydrogens (primary N) is 2. The molecule has 6 heteroatoms. The van der Waals surface area contributed by atoms with Crippen LogP contribution in [0.15, 0.2) is 24.3 Å². The molecule has 0 radical (unpaired) electrons. The van der Waals surface area contributed by atoms with Crippen molar-refractivity contribution < 1.29 is 9.59 Å². The van der Waals surface area contributed by atoms with Crippen LogP contribution in [0, 0.1) is 0 Å². The molecule has 0 saturated heterocycles. The van der Waals surface area contributed by atoms with E-state index in [9.17, 15) is 9.59 Å². The number of hydrogen-bond acceptors (Lipinski definition) is 3. The highest BCUT2D eigenvalue weighted by Gasteiger charge is 2.05. The molecule has 98 valence electrons. The molecule has 3 amide bonds. The minimum absolute atomic E-state index is 0.180. The number of rotatable bonds is 6. The van der Waals surface area contributed by atoms with Crippen molar-refractivity contribution in [3.8, 4) is 0 Å². The molecule has 0 fully saturated rings. The fourth-order valence-electron chi connectivity index (χ4n) is 1.50. The zero-order valence-electron chi connectivity index (χ0n) is 10.1. The molecule has 0 unspecified atom stereocenters. The Balaban J connectivity index is 2.45. The summed E-state index contributed by atoms with van der Waals surface area (Å²) in [4.78, 5) is 22.2. The molecule has 1 rings (SSSR count). The Hall–Kier alpha value is -2.08. The molecular formula is C12H18N4O2. The van der Waals surface area contributed by atoms with E-state index in [0.29, 0.717) is 25.2 Å². The molecule has 0 atom stereocenters. The van der Waals surface area contributed by atoms with E-state index in [1.807, 2.05) is 18.2 Å². The third-order valence-electron chi connectivity index (χ3n) is 2.33. The van der Waals surface area contributed by atoms with Gasteiger partial charge in [-0.15, -0.1) is 0 Å². The van der Waals surface area contributed by atoms with Crippen LogP contribution in [-0.2, 0) is 6.42 Å². The van der Waals surface area contributed by atoms with Gasteiger partial charge in [0.2, 0.25) is 0 Å². The van der Waals surface area contributed by atoms with E-state index in [1.54, 1.807) is 6.07 Å². The van der Waals surface area contributed by atoms with Crippen LogP contribution >= 0.6 is 0 Å². The maximum absolute atomic E-state index is 11.8. The van der Waals surface area contributed by atoms with Gasteiger partial charge in [0, 0.05) is 18.7 Å². The average Bonchev–Trinajstić information content (AvgIpc) is 2.35. The Kier molecular flexibility index (Phi) is 5.66. The van der Waals surface area contributed by atoms with Gasteiger partial charge < -0.3 is 22.1 Å². The molecule has 0 aromatic heterocycles. The molecule has 0 aliphatic carbocycles. The maximum Gasteiger partial charge on any atom is 0.312 e. The first kappa shape index (κ1) is 14.0. The lowest BCUT2D eigenvalue weighted by atomic mass is 10.1. The van der Waals surface area contributed by atoms with Crippen molar-refractivity contribution in [2.75, 3.05) is 19.6 Å². The van der Waals surface area contributed by atoms with Gasteiger partial charge in [-0.3, -0.25) is 4.79 Å². The van der Waals surface area contributed by atoms with Gasteiger partial charge in [0.25, 0.3) is 5.91 Å². The van der Waals surface area contributed by atoms with Gasteiger partial charge in [-0.05, 0) is 30.7 Å². The van der Waals surface area contributed by atoms with Crippen molar-refractivity contribution in [3.05, 3.63) is 35.4 Å². The highest BCUT2D eigenvalue weighted by molar-refractivity contribution is 5.94. The molecular weight excluding hydrogens is 232 g/mol. The fourth-order valence-corrected chi connectivity index (χ4v) is 1.50. The Morgan fingerprint density at radius 3 is 2.56 bits per heavy atom. The van der Waals surface area contributed by atoms with E-state index < -0.39 is 6.03 Å². The van der Waals surface area contributed by atoms with Crippen molar-refractivity contribution in [3.63, 3.8) is 0 Å². The second-order valence-corrected chi connectivity index (χ2v) is 3.79. The van der Waals surface area contributed by atoms with E-state index in [-0.39, 0.29) is 5.91 Å². The van der Waals surface area contributed by atoms with Crippen LogP contribution in [0.1, 0.15) is 15.9 Å². The summed E-state index contributed by atoms with van der Waals surface area (Å²) in [5.74, 6) is -0.180. The van der Waals surface area contributed by atoms with Gasteiger partial charge in [0.05, 0.1) is 0 Å². The summed E-state index contributed by atoms with van der Waals surface area (Å²) >= 11 is 0. The number of carbonyl (C=O) groups excluding carboxylic acids is 2. The van der Waals surface area contributed by atoms with Gasteiger partial charge >= 0.3 is 6.03 Å². The standard InChI is InChI=1S/C12H18N4O2/c13-5-4-9-2-1-3-10(8-9)11(17)15-6-7-16-12(14)18/h1-3,8H,4-7,13H2,(H,15,17)(H3,14,16,18). The molecule has 6 N–H and O–H groups in total. The van der Waals surface area contributed by atoms with Crippen molar-refractivity contribution >= 4 is 11.9 Å². The summed E-state index contributed by atoms with van der Waals surface area (Å²) in [7, 11) is 0. The highest BCUT2D eigenvalue weighted by Crippen LogP contribution is 2.05. The molecule has 0 spiro atoms. The molecule has 18 heavy (non-hydrogen) atoms. The normalized spacial score (nSPS) is 9.83. The summed E-state index contributed by atoms with van der Waals surface area (Å²) < 4.78 is 0. The molecule has 1 aromatic carbocycles. The lowest BCUT2D eigenvalue weighted by molar-refractivity contribution is 0.0954. The van der Waals surface area contributed by atoms with Crippen LogP contribution in [0.4, 0.5) is 4.79 Å². The number of benzene rings is 1. The molecule has 0 aliphatic heterocycles. The van der Waals surface area contributed by atoms with E-state index in [4.69, 9.17) is 11.5 Å². The van der Waals surface area contributed by atoms with Crippen molar-refractivity contribution in [1.29, 1.82) is 0 Å². The summed E-state index contributed by atoms with van der Waals surface area (Å²) in [5.41, 5.74) is 12.0. The van der Waals surface area contributed by atoms with Crippen LogP contribution in [0.2, 0.25) is 0 Å². The number of urea groups is 1. The minimum Gasteiger partial charge on any atom is -0.352 e. The van der Waals surface area contributed by atoms with Gasteiger partial charge in [0.15, 0.2) is 0 Å². The second kappa shape index (κ2) is 7.29. The number of amides is 3. The molecule has 1 aromatic rings. The van der Waals surface area contributed by atoms with Gasteiger partial charge in [0.1, 0.15) is 0 Å². The Labute approximate surface area is 106 Å². The van der Waals surface area contributed by atoms with Crippen LogP contribution < -0.4 is 22.1 Å². The lowest BCUT2D eigenvalue weighted by Gasteiger charge is -2.07. The van der Waals surface area contributed by atoms with E-state index in [1.165, 1.54) is 0 Å². The largest absolute Gasteiger partial charge is 0.352 e. The number of carbonyl (C=O) groups is 2. The first-order chi connectivity index (χ1) is 8.63. The van der Waals surface area contributed by atoms with E-state index in [2.05, 4.69) is 10.6 Å². The molecule has 0 aliphatic rings. The average molecular weight is 250 g/mol. The monoisotopic (exact) mass is 250 g/mol. The summed E-state index contributed by atoms with van der Waals surface area (Å²) in [6.45, 7) is 1.19. The predicted octanol–water partition coefficient (Wildman–Crippen LogP) is -0.414. The quantitative estimate of drug-likeness (QED) is 0.515. The molecule has 0 saturated carbocycles. The van der Waals surface area contributed by atoms with Crippen LogP contribution in [0.5, 0.6) is 0 Å². The molecule has 0 heterocycles. The number of hydrogen-bond donors (Lipinski definition) is 4. The highest BCUT2D eigenvalue weighted by atomic mass is 16.2. The van der Waals surface area contributed by atoms with E-state index in [0.717, 1.165) is 12.0 Å². The fraction of sp³-hybridized carbons (Fsp3) is 0.333. The number of primary amides is 1. The third-order valence-corrected chi connectivity index (χ3v) is 2.33. The van der Waals surface area contributed by atoms with Crippen LogP contribution in [-0.4, -0.2) is 31.6 Å². The SMILES string of the molecule is NCCc1cccc(C(=O)NCCNC(N)=O)c1. The maximum atomic E-state index is 11.8. The first-order valence-electron chi connectivity index (χ1n) is 5.74. The topological polar surface area (TPSA) is 110 Å². The number of nitrogens with one attached hydrogen (secondary N) is 2. The second-order valence-electron chi connectivity index (χ2n) is 3.79. The zero-order valence-corrected chi connectivity index (χ0v) is 10.1. The Morgan fingerprint density at radius 2 is 1.89 bits per heavy atom. The van der Waals surface area contributed by atoms with Crippen molar-refractivity contribution in [2.24, 2.45) is 11.5 Å². The smallest absolute Gasteiger partial charge is 0.312 e.